The molecule has 0 fully saturated rings. The molecule has 1 heterocycles. The van der Waals surface area contributed by atoms with Crippen LogP contribution < -0.4 is 5.32 Å². The number of esters is 1. The lowest BCUT2D eigenvalue weighted by Gasteiger charge is -2.08. The molecule has 2 aromatic rings. The third-order valence-electron chi connectivity index (χ3n) is 3.88. The van der Waals surface area contributed by atoms with E-state index in [2.05, 4.69) is 5.32 Å². The number of nitro benzene ring substituents is 1. The standard InChI is InChI=1S/C17H18FN3O5/c1-4-20-10(2)7-13(11(20)3)17(23)26-9-16(22)19-15-8-12(21(24)25)5-6-14(15)18/h5-8H,4,9H2,1-3H3,(H,19,22). The van der Waals surface area contributed by atoms with Gasteiger partial charge < -0.3 is 14.6 Å². The third-order valence-corrected chi connectivity index (χ3v) is 3.88. The minimum Gasteiger partial charge on any atom is -0.452 e. The monoisotopic (exact) mass is 363 g/mol. The first kappa shape index (κ1) is 19.1. The van der Waals surface area contributed by atoms with E-state index < -0.39 is 29.2 Å². The van der Waals surface area contributed by atoms with Crippen molar-refractivity contribution in [2.75, 3.05) is 11.9 Å². The van der Waals surface area contributed by atoms with Gasteiger partial charge in [0.25, 0.3) is 11.6 Å². The quantitative estimate of drug-likeness (QED) is 0.483. The molecule has 0 bridgehead atoms. The van der Waals surface area contributed by atoms with Crippen molar-refractivity contribution in [3.8, 4) is 0 Å². The van der Waals surface area contributed by atoms with Crippen LogP contribution in [-0.4, -0.2) is 28.0 Å². The predicted molar refractivity (Wildman–Crippen MR) is 91.5 cm³/mol. The summed E-state index contributed by atoms with van der Waals surface area (Å²) >= 11 is 0. The van der Waals surface area contributed by atoms with Gasteiger partial charge in [-0.25, -0.2) is 9.18 Å². The molecule has 0 atom stereocenters. The molecule has 0 spiro atoms. The highest BCUT2D eigenvalue weighted by atomic mass is 19.1. The molecule has 1 amide bonds. The van der Waals surface area contributed by atoms with Crippen LogP contribution in [0.4, 0.5) is 15.8 Å². The van der Waals surface area contributed by atoms with Crippen molar-refractivity contribution < 1.29 is 23.6 Å². The van der Waals surface area contributed by atoms with Crippen LogP contribution in [0, 0.1) is 29.8 Å². The Morgan fingerprint density at radius 2 is 2.00 bits per heavy atom. The van der Waals surface area contributed by atoms with E-state index in [-0.39, 0.29) is 11.4 Å². The van der Waals surface area contributed by atoms with Gasteiger partial charge in [0.1, 0.15) is 5.82 Å². The van der Waals surface area contributed by atoms with Crippen LogP contribution >= 0.6 is 0 Å². The molecule has 1 aromatic carbocycles. The van der Waals surface area contributed by atoms with Crippen LogP contribution in [0.3, 0.4) is 0 Å². The van der Waals surface area contributed by atoms with Gasteiger partial charge in [0.05, 0.1) is 16.2 Å². The topological polar surface area (TPSA) is 103 Å². The van der Waals surface area contributed by atoms with Crippen LogP contribution in [0.2, 0.25) is 0 Å². The second-order valence-electron chi connectivity index (χ2n) is 5.57. The molecule has 0 aliphatic heterocycles. The summed E-state index contributed by atoms with van der Waals surface area (Å²) in [4.78, 5) is 34.0. The predicted octanol–water partition coefficient (Wildman–Crippen LogP) is 2.97. The molecule has 1 N–H and O–H groups in total. The Morgan fingerprint density at radius 3 is 2.58 bits per heavy atom. The highest BCUT2D eigenvalue weighted by Gasteiger charge is 2.18. The fourth-order valence-corrected chi connectivity index (χ4v) is 2.61. The number of ether oxygens (including phenoxy) is 1. The SMILES string of the molecule is CCn1c(C)cc(C(=O)OCC(=O)Nc2cc([N+](=O)[O-])ccc2F)c1C. The number of halogens is 1. The Balaban J connectivity index is 2.02. The molecule has 9 heteroatoms. The van der Waals surface area contributed by atoms with Gasteiger partial charge in [-0.15, -0.1) is 0 Å². The molecular weight excluding hydrogens is 345 g/mol. The van der Waals surface area contributed by atoms with Gasteiger partial charge in [0, 0.05) is 30.1 Å². The highest BCUT2D eigenvalue weighted by Crippen LogP contribution is 2.21. The van der Waals surface area contributed by atoms with Gasteiger partial charge in [0.15, 0.2) is 6.61 Å². The Bertz CT molecular complexity index is 876. The molecule has 1 aromatic heterocycles. The zero-order valence-corrected chi connectivity index (χ0v) is 14.5. The van der Waals surface area contributed by atoms with Crippen molar-refractivity contribution in [1.82, 2.24) is 4.57 Å². The number of hydrogen-bond donors (Lipinski definition) is 1. The smallest absolute Gasteiger partial charge is 0.340 e. The first-order chi connectivity index (χ1) is 12.2. The average Bonchev–Trinajstić information content (AvgIpc) is 2.88. The van der Waals surface area contributed by atoms with Crippen molar-refractivity contribution in [1.29, 1.82) is 0 Å². The zero-order chi connectivity index (χ0) is 19.4. The summed E-state index contributed by atoms with van der Waals surface area (Å²) in [5, 5.41) is 12.9. The Kier molecular flexibility index (Phi) is 5.71. The molecule has 0 radical (unpaired) electrons. The summed E-state index contributed by atoms with van der Waals surface area (Å²) in [5.74, 6) is -2.31. The molecule has 26 heavy (non-hydrogen) atoms. The minimum absolute atomic E-state index is 0.346. The average molecular weight is 363 g/mol. The van der Waals surface area contributed by atoms with Gasteiger partial charge in [-0.2, -0.15) is 0 Å². The molecule has 0 saturated heterocycles. The van der Waals surface area contributed by atoms with Gasteiger partial charge in [-0.05, 0) is 32.9 Å². The van der Waals surface area contributed by atoms with E-state index in [4.69, 9.17) is 4.74 Å². The van der Waals surface area contributed by atoms with Crippen molar-refractivity contribution >= 4 is 23.3 Å². The summed E-state index contributed by atoms with van der Waals surface area (Å²) in [6.07, 6.45) is 0. The molecule has 0 saturated carbocycles. The lowest BCUT2D eigenvalue weighted by atomic mass is 10.2. The molecule has 138 valence electrons. The number of nitrogens with one attached hydrogen (secondary N) is 1. The summed E-state index contributed by atoms with van der Waals surface area (Å²) in [6, 6.07) is 4.41. The number of aromatic nitrogens is 1. The Labute approximate surface area is 148 Å². The lowest BCUT2D eigenvalue weighted by molar-refractivity contribution is -0.384. The number of non-ortho nitro benzene ring substituents is 1. The van der Waals surface area contributed by atoms with Crippen molar-refractivity contribution in [2.45, 2.75) is 27.3 Å². The molecule has 0 unspecified atom stereocenters. The number of aryl methyl sites for hydroxylation is 1. The van der Waals surface area contributed by atoms with Gasteiger partial charge >= 0.3 is 5.97 Å². The fourth-order valence-electron chi connectivity index (χ4n) is 2.61. The Hall–Kier alpha value is -3.23. The summed E-state index contributed by atoms with van der Waals surface area (Å²) in [5.41, 5.74) is 1.23. The van der Waals surface area contributed by atoms with Gasteiger partial charge in [-0.1, -0.05) is 0 Å². The molecule has 2 rings (SSSR count). The number of benzene rings is 1. The van der Waals surface area contributed by atoms with E-state index in [0.717, 1.165) is 29.6 Å². The second kappa shape index (κ2) is 7.77. The maximum atomic E-state index is 13.6. The highest BCUT2D eigenvalue weighted by molar-refractivity contribution is 5.96. The molecular formula is C17H18FN3O5. The minimum atomic E-state index is -0.832. The number of amides is 1. The number of carbonyl (C=O) groups is 2. The number of hydrogen-bond acceptors (Lipinski definition) is 5. The van der Waals surface area contributed by atoms with Crippen molar-refractivity contribution in [2.24, 2.45) is 0 Å². The largest absolute Gasteiger partial charge is 0.452 e. The lowest BCUT2D eigenvalue weighted by Crippen LogP contribution is -2.21. The first-order valence-corrected chi connectivity index (χ1v) is 7.82. The van der Waals surface area contributed by atoms with Gasteiger partial charge in [-0.3, -0.25) is 14.9 Å². The maximum Gasteiger partial charge on any atom is 0.340 e. The van der Waals surface area contributed by atoms with Crippen LogP contribution in [0.25, 0.3) is 0 Å². The third kappa shape index (κ3) is 4.05. The number of nitro groups is 1. The number of nitrogens with zero attached hydrogens (tertiary/aromatic N) is 2. The molecule has 8 nitrogen and oxygen atoms in total. The van der Waals surface area contributed by atoms with E-state index in [1.165, 1.54) is 0 Å². The van der Waals surface area contributed by atoms with Crippen molar-refractivity contribution in [3.63, 3.8) is 0 Å². The van der Waals surface area contributed by atoms with E-state index in [0.29, 0.717) is 12.1 Å². The number of rotatable bonds is 6. The van der Waals surface area contributed by atoms with Crippen LogP contribution in [0.15, 0.2) is 24.3 Å². The van der Waals surface area contributed by atoms with Crippen molar-refractivity contribution in [3.05, 3.63) is 57.1 Å². The number of carbonyl (C=O) groups excluding carboxylic acids is 2. The van der Waals surface area contributed by atoms with E-state index in [9.17, 15) is 24.1 Å². The molecule has 0 aliphatic rings. The Morgan fingerprint density at radius 1 is 1.31 bits per heavy atom. The van der Waals surface area contributed by atoms with Gasteiger partial charge in [0.2, 0.25) is 0 Å². The van der Waals surface area contributed by atoms with E-state index >= 15 is 0 Å². The first-order valence-electron chi connectivity index (χ1n) is 7.82. The summed E-state index contributed by atoms with van der Waals surface area (Å²) in [6.45, 7) is 5.61. The summed E-state index contributed by atoms with van der Waals surface area (Å²) in [7, 11) is 0. The second-order valence-corrected chi connectivity index (χ2v) is 5.57. The maximum absolute atomic E-state index is 13.6. The van der Waals surface area contributed by atoms with Crippen LogP contribution in [-0.2, 0) is 16.1 Å². The number of anilines is 1. The van der Waals surface area contributed by atoms with Crippen LogP contribution in [0.1, 0.15) is 28.7 Å². The zero-order valence-electron chi connectivity index (χ0n) is 14.5. The normalized spacial score (nSPS) is 10.5. The van der Waals surface area contributed by atoms with Crippen LogP contribution in [0.5, 0.6) is 0 Å². The van der Waals surface area contributed by atoms with E-state index in [1.54, 1.807) is 13.0 Å². The summed E-state index contributed by atoms with van der Waals surface area (Å²) < 4.78 is 20.5. The fraction of sp³-hybridized carbons (Fsp3) is 0.294. The molecule has 0 aliphatic carbocycles. The van der Waals surface area contributed by atoms with E-state index in [1.807, 2.05) is 18.4 Å².